The predicted octanol–water partition coefficient (Wildman–Crippen LogP) is 2.57. The third kappa shape index (κ3) is 2.11. The van der Waals surface area contributed by atoms with Crippen LogP contribution in [-0.4, -0.2) is 18.5 Å². The van der Waals surface area contributed by atoms with Crippen LogP contribution < -0.4 is 0 Å². The van der Waals surface area contributed by atoms with E-state index in [1.54, 1.807) is 0 Å². The Morgan fingerprint density at radius 1 is 1.44 bits per heavy atom. The quantitative estimate of drug-likeness (QED) is 0.724. The molecule has 2 rings (SSSR count). The third-order valence-electron chi connectivity index (χ3n) is 2.77. The number of hydrogen-bond donors (Lipinski definition) is 0. The van der Waals surface area contributed by atoms with Gasteiger partial charge in [-0.3, -0.25) is 4.79 Å². The Bertz CT molecular complexity index is 417. The zero-order valence-electron chi connectivity index (χ0n) is 8.87. The summed E-state index contributed by atoms with van der Waals surface area (Å²) in [6.07, 6.45) is 0.618. The molecule has 0 bridgehead atoms. The highest BCUT2D eigenvalue weighted by molar-refractivity contribution is 5.98. The molecular weight excluding hydrogens is 214 g/mol. The van der Waals surface area contributed by atoms with Gasteiger partial charge in [0.1, 0.15) is 11.6 Å². The minimum Gasteiger partial charge on any atom is -0.378 e. The molecule has 1 aliphatic heterocycles. The van der Waals surface area contributed by atoms with Gasteiger partial charge in [-0.15, -0.1) is 0 Å². The smallest absolute Gasteiger partial charge is 0.171 e. The number of Topliss-reactive ketones (excluding diaryl/α,β-unsaturated/α-hetero) is 1. The highest BCUT2D eigenvalue weighted by Crippen LogP contribution is 2.24. The first-order valence-electron chi connectivity index (χ1n) is 5.19. The van der Waals surface area contributed by atoms with Crippen molar-refractivity contribution in [3.05, 3.63) is 35.4 Å². The fourth-order valence-electron chi connectivity index (χ4n) is 1.91. The molecule has 2 unspecified atom stereocenters. The molecule has 4 heteroatoms. The maximum Gasteiger partial charge on any atom is 0.171 e. The molecule has 16 heavy (non-hydrogen) atoms. The van der Waals surface area contributed by atoms with Crippen molar-refractivity contribution in [3.63, 3.8) is 0 Å². The number of rotatable bonds is 2. The van der Waals surface area contributed by atoms with Crippen LogP contribution in [0.1, 0.15) is 23.7 Å². The lowest BCUT2D eigenvalue weighted by molar-refractivity contribution is 0.0874. The van der Waals surface area contributed by atoms with Crippen LogP contribution in [0.25, 0.3) is 0 Å². The molecule has 86 valence electrons. The molecule has 2 nitrogen and oxygen atoms in total. The van der Waals surface area contributed by atoms with Crippen LogP contribution in [0.5, 0.6) is 0 Å². The Hall–Kier alpha value is -1.29. The number of hydrogen-bond acceptors (Lipinski definition) is 2. The largest absolute Gasteiger partial charge is 0.378 e. The molecule has 1 aromatic carbocycles. The monoisotopic (exact) mass is 226 g/mol. The van der Waals surface area contributed by atoms with Crippen LogP contribution in [0.3, 0.4) is 0 Å². The Kier molecular flexibility index (Phi) is 3.01. The van der Waals surface area contributed by atoms with E-state index in [9.17, 15) is 13.6 Å². The molecule has 1 fully saturated rings. The lowest BCUT2D eigenvalue weighted by Crippen LogP contribution is -2.16. The molecule has 0 amide bonds. The van der Waals surface area contributed by atoms with Crippen molar-refractivity contribution in [3.8, 4) is 0 Å². The molecule has 1 heterocycles. The number of benzene rings is 1. The van der Waals surface area contributed by atoms with E-state index < -0.39 is 11.6 Å². The standard InChI is InChI=1S/C12H12F2O2/c1-7-4-8(6-16-7)12(15)10-3-2-9(13)5-11(10)14/h2-3,5,7-8H,4,6H2,1H3. The summed E-state index contributed by atoms with van der Waals surface area (Å²) in [6, 6.07) is 3.01. The van der Waals surface area contributed by atoms with Crippen molar-refractivity contribution >= 4 is 5.78 Å². The van der Waals surface area contributed by atoms with E-state index in [1.807, 2.05) is 6.92 Å². The topological polar surface area (TPSA) is 26.3 Å². The summed E-state index contributed by atoms with van der Waals surface area (Å²) in [7, 11) is 0. The normalized spacial score (nSPS) is 24.7. The van der Waals surface area contributed by atoms with Crippen LogP contribution in [-0.2, 0) is 4.74 Å². The van der Waals surface area contributed by atoms with Gasteiger partial charge in [0.05, 0.1) is 18.3 Å². The highest BCUT2D eigenvalue weighted by atomic mass is 19.1. The maximum atomic E-state index is 13.3. The fourth-order valence-corrected chi connectivity index (χ4v) is 1.91. The molecule has 0 aromatic heterocycles. The van der Waals surface area contributed by atoms with Crippen molar-refractivity contribution in [2.75, 3.05) is 6.61 Å². The Labute approximate surface area is 92.2 Å². The summed E-state index contributed by atoms with van der Waals surface area (Å²) in [5.74, 6) is -2.09. The first-order valence-corrected chi connectivity index (χ1v) is 5.19. The van der Waals surface area contributed by atoms with Crippen LogP contribution in [0.4, 0.5) is 8.78 Å². The summed E-state index contributed by atoms with van der Waals surface area (Å²) < 4.78 is 31.3. The lowest BCUT2D eigenvalue weighted by Gasteiger charge is -2.07. The van der Waals surface area contributed by atoms with Gasteiger partial charge in [0, 0.05) is 12.0 Å². The van der Waals surface area contributed by atoms with Gasteiger partial charge in [-0.25, -0.2) is 8.78 Å². The molecular formula is C12H12F2O2. The van der Waals surface area contributed by atoms with E-state index in [0.29, 0.717) is 13.0 Å². The fraction of sp³-hybridized carbons (Fsp3) is 0.417. The minimum atomic E-state index is -0.801. The van der Waals surface area contributed by atoms with Crippen molar-refractivity contribution in [1.29, 1.82) is 0 Å². The van der Waals surface area contributed by atoms with Crippen molar-refractivity contribution in [2.45, 2.75) is 19.4 Å². The van der Waals surface area contributed by atoms with Crippen LogP contribution in [0, 0.1) is 17.6 Å². The molecule has 0 radical (unpaired) electrons. The van der Waals surface area contributed by atoms with E-state index in [0.717, 1.165) is 12.1 Å². The van der Waals surface area contributed by atoms with E-state index in [4.69, 9.17) is 4.74 Å². The number of halogens is 2. The molecule has 0 spiro atoms. The second kappa shape index (κ2) is 4.29. The van der Waals surface area contributed by atoms with Gasteiger partial charge >= 0.3 is 0 Å². The first kappa shape index (κ1) is 11.2. The lowest BCUT2D eigenvalue weighted by atomic mass is 9.95. The highest BCUT2D eigenvalue weighted by Gasteiger charge is 2.30. The Morgan fingerprint density at radius 3 is 2.75 bits per heavy atom. The minimum absolute atomic E-state index is 0.0254. The van der Waals surface area contributed by atoms with Gasteiger partial charge in [0.25, 0.3) is 0 Å². The molecule has 2 atom stereocenters. The zero-order chi connectivity index (χ0) is 11.7. The summed E-state index contributed by atoms with van der Waals surface area (Å²) >= 11 is 0. The average molecular weight is 226 g/mol. The maximum absolute atomic E-state index is 13.3. The molecule has 0 saturated carbocycles. The third-order valence-corrected chi connectivity index (χ3v) is 2.77. The molecule has 0 aliphatic carbocycles. The van der Waals surface area contributed by atoms with Crippen molar-refractivity contribution < 1.29 is 18.3 Å². The Balaban J connectivity index is 2.21. The van der Waals surface area contributed by atoms with Gasteiger partial charge in [0.2, 0.25) is 0 Å². The van der Waals surface area contributed by atoms with Gasteiger partial charge < -0.3 is 4.74 Å². The first-order chi connectivity index (χ1) is 7.58. The van der Waals surface area contributed by atoms with Gasteiger partial charge in [0.15, 0.2) is 5.78 Å². The van der Waals surface area contributed by atoms with Gasteiger partial charge in [-0.2, -0.15) is 0 Å². The molecule has 1 aromatic rings. The number of carbonyl (C=O) groups excluding carboxylic acids is 1. The predicted molar refractivity (Wildman–Crippen MR) is 54.2 cm³/mol. The summed E-state index contributed by atoms with van der Waals surface area (Å²) in [5, 5.41) is 0. The summed E-state index contributed by atoms with van der Waals surface area (Å²) in [5.41, 5.74) is -0.0518. The summed E-state index contributed by atoms with van der Waals surface area (Å²) in [6.45, 7) is 2.19. The average Bonchev–Trinajstić information content (AvgIpc) is 2.64. The van der Waals surface area contributed by atoms with E-state index >= 15 is 0 Å². The van der Waals surface area contributed by atoms with E-state index in [-0.39, 0.29) is 23.4 Å². The summed E-state index contributed by atoms with van der Waals surface area (Å²) in [4.78, 5) is 11.9. The number of ketones is 1. The van der Waals surface area contributed by atoms with Gasteiger partial charge in [-0.1, -0.05) is 0 Å². The second-order valence-corrected chi connectivity index (χ2v) is 4.06. The van der Waals surface area contributed by atoms with Crippen LogP contribution >= 0.6 is 0 Å². The number of carbonyl (C=O) groups is 1. The Morgan fingerprint density at radius 2 is 2.19 bits per heavy atom. The zero-order valence-corrected chi connectivity index (χ0v) is 8.87. The number of ether oxygens (including phenoxy) is 1. The van der Waals surface area contributed by atoms with E-state index in [2.05, 4.69) is 0 Å². The molecule has 1 saturated heterocycles. The SMILES string of the molecule is CC1CC(C(=O)c2ccc(F)cc2F)CO1. The molecule has 0 N–H and O–H groups in total. The second-order valence-electron chi connectivity index (χ2n) is 4.06. The van der Waals surface area contributed by atoms with E-state index in [1.165, 1.54) is 6.07 Å². The van der Waals surface area contributed by atoms with Crippen molar-refractivity contribution in [1.82, 2.24) is 0 Å². The van der Waals surface area contributed by atoms with Crippen molar-refractivity contribution in [2.24, 2.45) is 5.92 Å². The molecule has 1 aliphatic rings. The van der Waals surface area contributed by atoms with Gasteiger partial charge in [-0.05, 0) is 25.5 Å². The van der Waals surface area contributed by atoms with Crippen LogP contribution in [0.15, 0.2) is 18.2 Å². The van der Waals surface area contributed by atoms with Crippen LogP contribution in [0.2, 0.25) is 0 Å².